The Bertz CT molecular complexity index is 824. The highest BCUT2D eigenvalue weighted by molar-refractivity contribution is 6.40. The van der Waals surface area contributed by atoms with E-state index < -0.39 is 0 Å². The van der Waals surface area contributed by atoms with Gasteiger partial charge in [-0.25, -0.2) is 5.01 Å². The molecule has 1 aromatic carbocycles. The first-order valence-electron chi connectivity index (χ1n) is 8.21. The maximum Gasteiger partial charge on any atom is 0.270 e. The second kappa shape index (κ2) is 6.93. The van der Waals surface area contributed by atoms with Gasteiger partial charge in [0.2, 0.25) is 5.91 Å². The average Bonchev–Trinajstić information content (AvgIpc) is 3.10. The number of carbonyl (C=O) groups excluding carboxylic acids is 2. The van der Waals surface area contributed by atoms with Crippen LogP contribution in [0.3, 0.4) is 0 Å². The molecule has 2 heterocycles. The molecule has 2 aromatic rings. The zero-order chi connectivity index (χ0) is 18.0. The van der Waals surface area contributed by atoms with Crippen LogP contribution >= 0.6 is 0 Å². The summed E-state index contributed by atoms with van der Waals surface area (Å²) in [6.45, 7) is 4.25. The number of carbonyl (C=O) groups is 2. The Hall–Kier alpha value is -2.89. The molecule has 6 nitrogen and oxygen atoms in total. The summed E-state index contributed by atoms with van der Waals surface area (Å²) in [7, 11) is 1.70. The molecule has 0 unspecified atom stereocenters. The van der Waals surface area contributed by atoms with Gasteiger partial charge in [-0.15, -0.1) is 0 Å². The quantitative estimate of drug-likeness (QED) is 0.860. The number of hydrazone groups is 1. The van der Waals surface area contributed by atoms with Crippen LogP contribution < -0.4 is 5.01 Å². The molecule has 130 valence electrons. The SMILES string of the molecule is Cc1ccc(C)c(N2N=C(C(=O)N(C)Cc3ccco3)CCC2=O)c1. The minimum atomic E-state index is -0.195. The summed E-state index contributed by atoms with van der Waals surface area (Å²) in [6, 6.07) is 9.45. The van der Waals surface area contributed by atoms with E-state index in [1.165, 1.54) is 5.01 Å². The normalized spacial score (nSPS) is 14.4. The van der Waals surface area contributed by atoms with E-state index in [1.807, 2.05) is 38.1 Å². The highest BCUT2D eigenvalue weighted by Crippen LogP contribution is 2.25. The molecule has 3 rings (SSSR count). The van der Waals surface area contributed by atoms with E-state index in [9.17, 15) is 9.59 Å². The summed E-state index contributed by atoms with van der Waals surface area (Å²) < 4.78 is 5.28. The fourth-order valence-corrected chi connectivity index (χ4v) is 2.77. The molecule has 1 aliphatic rings. The van der Waals surface area contributed by atoms with Crippen molar-refractivity contribution in [1.29, 1.82) is 0 Å². The predicted molar refractivity (Wildman–Crippen MR) is 95.3 cm³/mol. The zero-order valence-corrected chi connectivity index (χ0v) is 14.7. The summed E-state index contributed by atoms with van der Waals surface area (Å²) in [5.74, 6) is 0.410. The molecule has 0 spiro atoms. The molecule has 2 amide bonds. The van der Waals surface area contributed by atoms with E-state index >= 15 is 0 Å². The summed E-state index contributed by atoms with van der Waals surface area (Å²) in [4.78, 5) is 26.6. The van der Waals surface area contributed by atoms with Crippen LogP contribution in [-0.4, -0.2) is 29.5 Å². The third-order valence-electron chi connectivity index (χ3n) is 4.19. The monoisotopic (exact) mass is 339 g/mol. The molecule has 6 heteroatoms. The highest BCUT2D eigenvalue weighted by Gasteiger charge is 2.28. The minimum absolute atomic E-state index is 0.0982. The smallest absolute Gasteiger partial charge is 0.270 e. The predicted octanol–water partition coefficient (Wildman–Crippen LogP) is 3.04. The Kier molecular flexibility index (Phi) is 4.70. The number of benzene rings is 1. The maximum absolute atomic E-state index is 12.7. The first-order chi connectivity index (χ1) is 12.0. The van der Waals surface area contributed by atoms with Gasteiger partial charge < -0.3 is 9.32 Å². The van der Waals surface area contributed by atoms with Crippen LogP contribution in [0.2, 0.25) is 0 Å². The van der Waals surface area contributed by atoms with Crippen LogP contribution in [0.25, 0.3) is 0 Å². The molecule has 0 fully saturated rings. The standard InChI is InChI=1S/C19H21N3O3/c1-13-6-7-14(2)17(11-13)22-18(23)9-8-16(20-22)19(24)21(3)12-15-5-4-10-25-15/h4-7,10-11H,8-9,12H2,1-3H3. The van der Waals surface area contributed by atoms with E-state index in [0.29, 0.717) is 24.4 Å². The van der Waals surface area contributed by atoms with E-state index in [2.05, 4.69) is 5.10 Å². The molecule has 25 heavy (non-hydrogen) atoms. The zero-order valence-electron chi connectivity index (χ0n) is 14.7. The maximum atomic E-state index is 12.7. The van der Waals surface area contributed by atoms with Gasteiger partial charge in [0.15, 0.2) is 0 Å². The molecular formula is C19H21N3O3. The molecular weight excluding hydrogens is 318 g/mol. The molecule has 0 saturated carbocycles. The third-order valence-corrected chi connectivity index (χ3v) is 4.19. The second-order valence-electron chi connectivity index (χ2n) is 6.28. The van der Waals surface area contributed by atoms with Crippen molar-refractivity contribution in [2.24, 2.45) is 5.10 Å². The first-order valence-corrected chi connectivity index (χ1v) is 8.21. The van der Waals surface area contributed by atoms with Gasteiger partial charge in [0.05, 0.1) is 18.5 Å². The lowest BCUT2D eigenvalue weighted by atomic mass is 10.1. The van der Waals surface area contributed by atoms with Crippen LogP contribution in [0.5, 0.6) is 0 Å². The number of amides is 2. The average molecular weight is 339 g/mol. The Morgan fingerprint density at radius 2 is 2.08 bits per heavy atom. The number of furan rings is 1. The van der Waals surface area contributed by atoms with Crippen LogP contribution in [0.15, 0.2) is 46.1 Å². The van der Waals surface area contributed by atoms with Crippen molar-refractivity contribution in [2.75, 3.05) is 12.1 Å². The largest absolute Gasteiger partial charge is 0.467 e. The summed E-state index contributed by atoms with van der Waals surface area (Å²) >= 11 is 0. The van der Waals surface area contributed by atoms with Gasteiger partial charge in [-0.1, -0.05) is 12.1 Å². The van der Waals surface area contributed by atoms with Crippen molar-refractivity contribution >= 4 is 23.2 Å². The van der Waals surface area contributed by atoms with Crippen molar-refractivity contribution < 1.29 is 14.0 Å². The number of rotatable bonds is 4. The van der Waals surface area contributed by atoms with E-state index in [4.69, 9.17) is 4.42 Å². The molecule has 0 N–H and O–H groups in total. The van der Waals surface area contributed by atoms with Crippen LogP contribution in [0.4, 0.5) is 5.69 Å². The highest BCUT2D eigenvalue weighted by atomic mass is 16.3. The molecule has 0 saturated heterocycles. The molecule has 1 aliphatic heterocycles. The minimum Gasteiger partial charge on any atom is -0.467 e. The Morgan fingerprint density at radius 3 is 2.80 bits per heavy atom. The van der Waals surface area contributed by atoms with Crippen LogP contribution in [-0.2, 0) is 16.1 Å². The molecule has 0 atom stereocenters. The van der Waals surface area contributed by atoms with Crippen LogP contribution in [0, 0.1) is 13.8 Å². The number of aryl methyl sites for hydroxylation is 2. The molecule has 0 aliphatic carbocycles. The van der Waals surface area contributed by atoms with Gasteiger partial charge in [0.1, 0.15) is 11.5 Å². The second-order valence-corrected chi connectivity index (χ2v) is 6.28. The first kappa shape index (κ1) is 17.0. The third kappa shape index (κ3) is 3.63. The number of anilines is 1. The van der Waals surface area contributed by atoms with Gasteiger partial charge >= 0.3 is 0 Å². The topological polar surface area (TPSA) is 66.1 Å². The fourth-order valence-electron chi connectivity index (χ4n) is 2.77. The lowest BCUT2D eigenvalue weighted by Gasteiger charge is -2.26. The van der Waals surface area contributed by atoms with E-state index in [0.717, 1.165) is 16.8 Å². The van der Waals surface area contributed by atoms with Crippen molar-refractivity contribution in [2.45, 2.75) is 33.2 Å². The van der Waals surface area contributed by atoms with Crippen LogP contribution in [0.1, 0.15) is 29.7 Å². The van der Waals surface area contributed by atoms with Gasteiger partial charge in [-0.3, -0.25) is 9.59 Å². The number of hydrogen-bond acceptors (Lipinski definition) is 4. The number of hydrogen-bond donors (Lipinski definition) is 0. The van der Waals surface area contributed by atoms with Crippen molar-refractivity contribution in [3.8, 4) is 0 Å². The Balaban J connectivity index is 1.85. The molecule has 1 aromatic heterocycles. The van der Waals surface area contributed by atoms with Crippen molar-refractivity contribution in [3.05, 3.63) is 53.5 Å². The van der Waals surface area contributed by atoms with Gasteiger partial charge in [0.25, 0.3) is 5.91 Å². The van der Waals surface area contributed by atoms with E-state index in [-0.39, 0.29) is 18.2 Å². The van der Waals surface area contributed by atoms with Crippen molar-refractivity contribution in [3.63, 3.8) is 0 Å². The van der Waals surface area contributed by atoms with Crippen molar-refractivity contribution in [1.82, 2.24) is 4.90 Å². The Labute approximate surface area is 146 Å². The molecule has 0 bridgehead atoms. The summed E-state index contributed by atoms with van der Waals surface area (Å²) in [5, 5.41) is 5.72. The summed E-state index contributed by atoms with van der Waals surface area (Å²) in [5.41, 5.74) is 3.09. The summed E-state index contributed by atoms with van der Waals surface area (Å²) in [6.07, 6.45) is 2.20. The van der Waals surface area contributed by atoms with Gasteiger partial charge in [-0.2, -0.15) is 5.10 Å². The Morgan fingerprint density at radius 1 is 1.28 bits per heavy atom. The number of nitrogens with zero attached hydrogens (tertiary/aromatic N) is 3. The lowest BCUT2D eigenvalue weighted by Crippen LogP contribution is -2.40. The lowest BCUT2D eigenvalue weighted by molar-refractivity contribution is -0.123. The fraction of sp³-hybridized carbons (Fsp3) is 0.316. The van der Waals surface area contributed by atoms with E-state index in [1.54, 1.807) is 24.3 Å². The van der Waals surface area contributed by atoms with Gasteiger partial charge in [0, 0.05) is 19.9 Å². The molecule has 0 radical (unpaired) electrons. The van der Waals surface area contributed by atoms with Gasteiger partial charge in [-0.05, 0) is 43.2 Å².